The predicted octanol–water partition coefficient (Wildman–Crippen LogP) is 4.78. The molecule has 0 fully saturated rings. The molecule has 0 radical (unpaired) electrons. The molecule has 0 unspecified atom stereocenters. The number of carbonyl (C=O) groups is 1. The molecule has 1 aliphatic rings. The van der Waals surface area contributed by atoms with E-state index in [0.717, 1.165) is 16.7 Å². The Labute approximate surface area is 203 Å². The number of benzene rings is 1. The van der Waals surface area contributed by atoms with Crippen molar-refractivity contribution >= 4 is 23.3 Å². The maximum Gasteiger partial charge on any atom is 0.410 e. The van der Waals surface area contributed by atoms with Crippen molar-refractivity contribution in [1.29, 1.82) is 5.26 Å². The normalized spacial score (nSPS) is 13.6. The fourth-order valence-electron chi connectivity index (χ4n) is 3.56. The Morgan fingerprint density at radius 3 is 2.66 bits per heavy atom. The summed E-state index contributed by atoms with van der Waals surface area (Å²) < 4.78 is 16.6. The summed E-state index contributed by atoms with van der Waals surface area (Å²) >= 11 is 0. The van der Waals surface area contributed by atoms with E-state index in [0.29, 0.717) is 42.7 Å². The first-order valence-corrected chi connectivity index (χ1v) is 11.1. The summed E-state index contributed by atoms with van der Waals surface area (Å²) in [5.41, 5.74) is 2.60. The van der Waals surface area contributed by atoms with Crippen molar-refractivity contribution in [3.63, 3.8) is 0 Å². The van der Waals surface area contributed by atoms with Crippen LogP contribution in [0.3, 0.4) is 0 Å². The van der Waals surface area contributed by atoms with E-state index in [1.165, 1.54) is 12.4 Å². The highest BCUT2D eigenvalue weighted by molar-refractivity contribution is 5.76. The summed E-state index contributed by atoms with van der Waals surface area (Å²) in [6, 6.07) is 9.52. The Kier molecular flexibility index (Phi) is 6.68. The first-order chi connectivity index (χ1) is 16.8. The zero-order valence-electron chi connectivity index (χ0n) is 20.0. The highest BCUT2D eigenvalue weighted by atomic mass is 16.6. The summed E-state index contributed by atoms with van der Waals surface area (Å²) in [5, 5.41) is 15.9. The summed E-state index contributed by atoms with van der Waals surface area (Å²) in [4.78, 5) is 22.1. The number of nitrogens with one attached hydrogen (secondary N) is 1. The SMILES string of the molecule is COc1cc(C2=CCN(C(=O)OC(C)(C)C)CC2)ccc1-c1cc(Nc2cnc(C#N)cn2)no1. The van der Waals surface area contributed by atoms with E-state index in [-0.39, 0.29) is 11.8 Å². The van der Waals surface area contributed by atoms with Gasteiger partial charge in [0, 0.05) is 19.2 Å². The smallest absolute Gasteiger partial charge is 0.410 e. The number of carbonyl (C=O) groups excluding carboxylic acids is 1. The van der Waals surface area contributed by atoms with Gasteiger partial charge in [-0.3, -0.25) is 0 Å². The van der Waals surface area contributed by atoms with Crippen molar-refractivity contribution in [2.24, 2.45) is 0 Å². The third kappa shape index (κ3) is 5.76. The molecule has 10 heteroatoms. The van der Waals surface area contributed by atoms with Crippen molar-refractivity contribution in [3.05, 3.63) is 54.0 Å². The highest BCUT2D eigenvalue weighted by Gasteiger charge is 2.24. The van der Waals surface area contributed by atoms with E-state index in [2.05, 4.69) is 20.4 Å². The van der Waals surface area contributed by atoms with Crippen molar-refractivity contribution in [3.8, 4) is 23.1 Å². The van der Waals surface area contributed by atoms with Gasteiger partial charge in [0.25, 0.3) is 0 Å². The number of aromatic nitrogens is 3. The number of ether oxygens (including phenoxy) is 2. The Bertz CT molecular complexity index is 1280. The molecule has 35 heavy (non-hydrogen) atoms. The van der Waals surface area contributed by atoms with Crippen LogP contribution in [-0.2, 0) is 4.74 Å². The first-order valence-electron chi connectivity index (χ1n) is 11.1. The molecule has 180 valence electrons. The van der Waals surface area contributed by atoms with Crippen molar-refractivity contribution in [2.75, 3.05) is 25.5 Å². The van der Waals surface area contributed by atoms with E-state index in [1.54, 1.807) is 18.1 Å². The van der Waals surface area contributed by atoms with Crippen LogP contribution >= 0.6 is 0 Å². The number of nitriles is 1. The lowest BCUT2D eigenvalue weighted by atomic mass is 9.97. The van der Waals surface area contributed by atoms with Gasteiger partial charge in [0.15, 0.2) is 17.3 Å². The van der Waals surface area contributed by atoms with E-state index in [9.17, 15) is 4.79 Å². The summed E-state index contributed by atoms with van der Waals surface area (Å²) in [6.07, 6.45) is 5.27. The molecule has 0 saturated heterocycles. The minimum absolute atomic E-state index is 0.229. The molecule has 0 aliphatic carbocycles. The maximum atomic E-state index is 12.3. The molecule has 10 nitrogen and oxygen atoms in total. The van der Waals surface area contributed by atoms with Gasteiger partial charge >= 0.3 is 6.09 Å². The van der Waals surface area contributed by atoms with Crippen LogP contribution in [0, 0.1) is 11.3 Å². The van der Waals surface area contributed by atoms with Gasteiger partial charge < -0.3 is 24.2 Å². The standard InChI is InChI=1S/C25H26N6O4/c1-25(2,3)34-24(32)31-9-7-16(8-10-31)17-5-6-19(20(11-17)33-4)21-12-22(30-35-21)29-23-15-27-18(13-26)14-28-23/h5-7,11-12,14-15H,8-10H2,1-4H3,(H,28,29,30). The third-order valence-electron chi connectivity index (χ3n) is 5.23. The molecule has 0 spiro atoms. The molecule has 0 atom stereocenters. The topological polar surface area (TPSA) is 126 Å². The van der Waals surface area contributed by atoms with Gasteiger partial charge in [-0.1, -0.05) is 17.3 Å². The first kappa shape index (κ1) is 23.8. The van der Waals surface area contributed by atoms with Crippen LogP contribution in [0.4, 0.5) is 16.4 Å². The van der Waals surface area contributed by atoms with Gasteiger partial charge in [0.05, 0.1) is 25.1 Å². The lowest BCUT2D eigenvalue weighted by Crippen LogP contribution is -2.39. The zero-order chi connectivity index (χ0) is 25.0. The van der Waals surface area contributed by atoms with Gasteiger partial charge in [-0.15, -0.1) is 0 Å². The summed E-state index contributed by atoms with van der Waals surface area (Å²) in [5.74, 6) is 2.04. The molecule has 4 rings (SSSR count). The molecule has 3 aromatic rings. The fraction of sp³-hybridized carbons (Fsp3) is 0.320. The monoisotopic (exact) mass is 474 g/mol. The molecule has 1 amide bonds. The average molecular weight is 475 g/mol. The molecule has 1 N–H and O–H groups in total. The quantitative estimate of drug-likeness (QED) is 0.556. The van der Waals surface area contributed by atoms with E-state index >= 15 is 0 Å². The third-order valence-corrected chi connectivity index (χ3v) is 5.23. The van der Waals surface area contributed by atoms with E-state index in [4.69, 9.17) is 19.3 Å². The molecule has 1 aromatic carbocycles. The molecule has 0 saturated carbocycles. The molecule has 2 aromatic heterocycles. The van der Waals surface area contributed by atoms with Crippen LogP contribution in [0.25, 0.3) is 16.9 Å². The number of hydrogen-bond donors (Lipinski definition) is 1. The van der Waals surface area contributed by atoms with Crippen LogP contribution in [0.5, 0.6) is 5.75 Å². The Hall–Kier alpha value is -4.39. The second kappa shape index (κ2) is 9.85. The second-order valence-electron chi connectivity index (χ2n) is 8.92. The van der Waals surface area contributed by atoms with Gasteiger partial charge in [0.1, 0.15) is 23.2 Å². The predicted molar refractivity (Wildman–Crippen MR) is 129 cm³/mol. The largest absolute Gasteiger partial charge is 0.496 e. The lowest BCUT2D eigenvalue weighted by molar-refractivity contribution is 0.0270. The Morgan fingerprint density at radius 2 is 2.03 bits per heavy atom. The van der Waals surface area contributed by atoms with Crippen LogP contribution in [0.1, 0.15) is 38.4 Å². The number of rotatable bonds is 5. The zero-order valence-corrected chi connectivity index (χ0v) is 20.0. The summed E-state index contributed by atoms with van der Waals surface area (Å²) in [6.45, 7) is 6.65. The summed E-state index contributed by atoms with van der Waals surface area (Å²) in [7, 11) is 1.60. The fourth-order valence-corrected chi connectivity index (χ4v) is 3.56. The maximum absolute atomic E-state index is 12.3. The number of methoxy groups -OCH3 is 1. The van der Waals surface area contributed by atoms with Crippen LogP contribution in [0.15, 0.2) is 47.3 Å². The van der Waals surface area contributed by atoms with Gasteiger partial charge in [0.2, 0.25) is 0 Å². The van der Waals surface area contributed by atoms with Crippen molar-refractivity contribution in [1.82, 2.24) is 20.0 Å². The second-order valence-corrected chi connectivity index (χ2v) is 8.92. The van der Waals surface area contributed by atoms with Crippen LogP contribution < -0.4 is 10.1 Å². The van der Waals surface area contributed by atoms with E-state index in [1.807, 2.05) is 51.1 Å². The molecular weight excluding hydrogens is 448 g/mol. The Morgan fingerprint density at radius 1 is 1.20 bits per heavy atom. The number of nitrogens with zero attached hydrogens (tertiary/aromatic N) is 5. The van der Waals surface area contributed by atoms with Crippen LogP contribution in [0.2, 0.25) is 0 Å². The number of hydrogen-bond acceptors (Lipinski definition) is 9. The van der Waals surface area contributed by atoms with Crippen molar-refractivity contribution in [2.45, 2.75) is 32.8 Å². The van der Waals surface area contributed by atoms with Gasteiger partial charge in [-0.05, 0) is 50.5 Å². The molecule has 3 heterocycles. The highest BCUT2D eigenvalue weighted by Crippen LogP contribution is 2.35. The molecular formula is C25H26N6O4. The average Bonchev–Trinajstić information content (AvgIpc) is 3.31. The molecule has 1 aliphatic heterocycles. The lowest BCUT2D eigenvalue weighted by Gasteiger charge is -2.29. The minimum atomic E-state index is -0.518. The number of amides is 1. The molecule has 0 bridgehead atoms. The van der Waals surface area contributed by atoms with Crippen molar-refractivity contribution < 1.29 is 18.8 Å². The Balaban J connectivity index is 1.47. The van der Waals surface area contributed by atoms with E-state index < -0.39 is 5.60 Å². The van der Waals surface area contributed by atoms with Gasteiger partial charge in [-0.25, -0.2) is 14.8 Å². The number of anilines is 2. The minimum Gasteiger partial charge on any atom is -0.496 e. The van der Waals surface area contributed by atoms with Gasteiger partial charge in [-0.2, -0.15) is 5.26 Å². The van der Waals surface area contributed by atoms with Crippen LogP contribution in [-0.4, -0.2) is 51.9 Å².